The van der Waals surface area contributed by atoms with Gasteiger partial charge in [0.1, 0.15) is 5.84 Å². The molecule has 1 unspecified atom stereocenters. The number of hydrogen-bond acceptors (Lipinski definition) is 2. The molecule has 1 aromatic carbocycles. The Morgan fingerprint density at radius 3 is 2.87 bits per heavy atom. The number of amidine groups is 1. The van der Waals surface area contributed by atoms with Crippen LogP contribution in [0, 0.1) is 5.41 Å². The van der Waals surface area contributed by atoms with E-state index in [2.05, 4.69) is 11.1 Å². The number of aliphatic imine (C=N–C) groups is 1. The highest BCUT2D eigenvalue weighted by Crippen LogP contribution is 2.27. The van der Waals surface area contributed by atoms with Crippen LogP contribution in [0.5, 0.6) is 0 Å². The van der Waals surface area contributed by atoms with Crippen molar-refractivity contribution in [2.45, 2.75) is 18.8 Å². The Kier molecular flexibility index (Phi) is 2.81. The lowest BCUT2D eigenvalue weighted by Crippen LogP contribution is -2.17. The van der Waals surface area contributed by atoms with Gasteiger partial charge in [0, 0.05) is 12.1 Å². The molecule has 2 rings (SSSR count). The molecule has 1 aromatic rings. The quantitative estimate of drug-likeness (QED) is 0.557. The largest absolute Gasteiger partial charge is 0.384 e. The number of nitrogens with zero attached hydrogens (tertiary/aromatic N) is 1. The van der Waals surface area contributed by atoms with Crippen molar-refractivity contribution in [3.05, 3.63) is 35.4 Å². The molecule has 3 heteroatoms. The first-order valence-electron chi connectivity index (χ1n) is 5.20. The molecule has 0 radical (unpaired) electrons. The Labute approximate surface area is 89.5 Å². The summed E-state index contributed by atoms with van der Waals surface area (Å²) < 4.78 is 0. The summed E-state index contributed by atoms with van der Waals surface area (Å²) in [6.07, 6.45) is 4.00. The maximum absolute atomic E-state index is 7.54. The molecule has 0 spiro atoms. The van der Waals surface area contributed by atoms with Gasteiger partial charge in [0.15, 0.2) is 0 Å². The zero-order valence-corrected chi connectivity index (χ0v) is 8.61. The van der Waals surface area contributed by atoms with E-state index in [-0.39, 0.29) is 5.84 Å². The highest BCUT2D eigenvalue weighted by atomic mass is 14.7. The SMILES string of the molecule is N=C(N)c1ccccc1C1CC=NCC1. The van der Waals surface area contributed by atoms with E-state index in [9.17, 15) is 0 Å². The minimum Gasteiger partial charge on any atom is -0.384 e. The molecule has 0 saturated heterocycles. The predicted molar refractivity (Wildman–Crippen MR) is 62.8 cm³/mol. The molecule has 1 aliphatic rings. The summed E-state index contributed by atoms with van der Waals surface area (Å²) in [6.45, 7) is 0.886. The molecule has 0 aromatic heterocycles. The van der Waals surface area contributed by atoms with Gasteiger partial charge < -0.3 is 5.73 Å². The lowest BCUT2D eigenvalue weighted by molar-refractivity contribution is 0.637. The fraction of sp³-hybridized carbons (Fsp3) is 0.333. The Morgan fingerprint density at radius 2 is 2.20 bits per heavy atom. The molecule has 15 heavy (non-hydrogen) atoms. The second-order valence-corrected chi connectivity index (χ2v) is 3.81. The second kappa shape index (κ2) is 4.26. The molecule has 1 aliphatic heterocycles. The van der Waals surface area contributed by atoms with Gasteiger partial charge >= 0.3 is 0 Å². The molecule has 0 fully saturated rings. The van der Waals surface area contributed by atoms with E-state index in [0.717, 1.165) is 24.9 Å². The van der Waals surface area contributed by atoms with Crippen molar-refractivity contribution in [3.8, 4) is 0 Å². The Bertz CT molecular complexity index is 396. The lowest BCUT2D eigenvalue weighted by atomic mass is 9.88. The van der Waals surface area contributed by atoms with Crippen LogP contribution < -0.4 is 5.73 Å². The van der Waals surface area contributed by atoms with Crippen LogP contribution in [0.3, 0.4) is 0 Å². The van der Waals surface area contributed by atoms with Gasteiger partial charge in [0.05, 0.1) is 0 Å². The molecule has 3 N–H and O–H groups in total. The summed E-state index contributed by atoms with van der Waals surface area (Å²) in [7, 11) is 0. The van der Waals surface area contributed by atoms with E-state index >= 15 is 0 Å². The van der Waals surface area contributed by atoms with E-state index in [0.29, 0.717) is 5.92 Å². The monoisotopic (exact) mass is 201 g/mol. The topological polar surface area (TPSA) is 62.2 Å². The van der Waals surface area contributed by atoms with E-state index in [4.69, 9.17) is 11.1 Å². The normalized spacial score (nSPS) is 20.1. The van der Waals surface area contributed by atoms with Gasteiger partial charge in [0.2, 0.25) is 0 Å². The molecule has 1 atom stereocenters. The van der Waals surface area contributed by atoms with Crippen LogP contribution in [0.4, 0.5) is 0 Å². The summed E-state index contributed by atoms with van der Waals surface area (Å²) in [5.41, 5.74) is 7.63. The van der Waals surface area contributed by atoms with Crippen LogP contribution in [-0.4, -0.2) is 18.6 Å². The average Bonchev–Trinajstić information content (AvgIpc) is 2.30. The molecule has 0 aliphatic carbocycles. The van der Waals surface area contributed by atoms with E-state index in [1.54, 1.807) is 0 Å². The lowest BCUT2D eigenvalue weighted by Gasteiger charge is -2.20. The van der Waals surface area contributed by atoms with Crippen molar-refractivity contribution >= 4 is 12.1 Å². The fourth-order valence-electron chi connectivity index (χ4n) is 2.02. The van der Waals surface area contributed by atoms with Gasteiger partial charge in [-0.25, -0.2) is 0 Å². The van der Waals surface area contributed by atoms with Crippen LogP contribution in [0.25, 0.3) is 0 Å². The fourth-order valence-corrected chi connectivity index (χ4v) is 2.02. The first-order chi connectivity index (χ1) is 7.29. The maximum atomic E-state index is 7.54. The van der Waals surface area contributed by atoms with Crippen molar-refractivity contribution in [1.82, 2.24) is 0 Å². The number of rotatable bonds is 2. The third-order valence-corrected chi connectivity index (χ3v) is 2.82. The molecule has 0 amide bonds. The van der Waals surface area contributed by atoms with Gasteiger partial charge in [0.25, 0.3) is 0 Å². The van der Waals surface area contributed by atoms with Crippen molar-refractivity contribution < 1.29 is 0 Å². The van der Waals surface area contributed by atoms with Crippen LogP contribution >= 0.6 is 0 Å². The second-order valence-electron chi connectivity index (χ2n) is 3.81. The van der Waals surface area contributed by atoms with Crippen molar-refractivity contribution in [2.24, 2.45) is 10.7 Å². The van der Waals surface area contributed by atoms with Crippen LogP contribution in [0.1, 0.15) is 29.9 Å². The summed E-state index contributed by atoms with van der Waals surface area (Å²) >= 11 is 0. The van der Waals surface area contributed by atoms with Gasteiger partial charge in [-0.2, -0.15) is 0 Å². The molecular weight excluding hydrogens is 186 g/mol. The highest BCUT2D eigenvalue weighted by Gasteiger charge is 2.16. The van der Waals surface area contributed by atoms with Gasteiger partial charge in [-0.05, 0) is 30.5 Å². The van der Waals surface area contributed by atoms with Crippen molar-refractivity contribution in [1.29, 1.82) is 5.41 Å². The third-order valence-electron chi connectivity index (χ3n) is 2.82. The molecule has 1 heterocycles. The van der Waals surface area contributed by atoms with E-state index in [1.165, 1.54) is 5.56 Å². The number of nitrogens with two attached hydrogens (primary N) is 1. The van der Waals surface area contributed by atoms with Crippen LogP contribution in [-0.2, 0) is 0 Å². The summed E-state index contributed by atoms with van der Waals surface area (Å²) in [5, 5.41) is 7.54. The maximum Gasteiger partial charge on any atom is 0.123 e. The van der Waals surface area contributed by atoms with Gasteiger partial charge in [-0.1, -0.05) is 24.3 Å². The van der Waals surface area contributed by atoms with Gasteiger partial charge in [-0.15, -0.1) is 0 Å². The molecule has 0 saturated carbocycles. The Hall–Kier alpha value is -1.64. The van der Waals surface area contributed by atoms with Crippen LogP contribution in [0.15, 0.2) is 29.3 Å². The van der Waals surface area contributed by atoms with Crippen molar-refractivity contribution in [2.75, 3.05) is 6.54 Å². The number of nitrogens with one attached hydrogen (secondary N) is 1. The first-order valence-corrected chi connectivity index (χ1v) is 5.20. The molecule has 0 bridgehead atoms. The molecular formula is C12H15N3. The number of hydrogen-bond donors (Lipinski definition) is 2. The third kappa shape index (κ3) is 2.06. The van der Waals surface area contributed by atoms with E-state index < -0.39 is 0 Å². The van der Waals surface area contributed by atoms with Gasteiger partial charge in [-0.3, -0.25) is 10.4 Å². The summed E-state index contributed by atoms with van der Waals surface area (Å²) in [6, 6.07) is 7.93. The summed E-state index contributed by atoms with van der Waals surface area (Å²) in [4.78, 5) is 4.22. The van der Waals surface area contributed by atoms with Crippen molar-refractivity contribution in [3.63, 3.8) is 0 Å². The van der Waals surface area contributed by atoms with Crippen LogP contribution in [0.2, 0.25) is 0 Å². The minimum absolute atomic E-state index is 0.160. The van der Waals surface area contributed by atoms with E-state index in [1.807, 2.05) is 24.4 Å². The zero-order chi connectivity index (χ0) is 10.7. The number of benzene rings is 1. The standard InChI is InChI=1S/C12H15N3/c13-12(14)11-4-2-1-3-10(11)9-5-7-15-8-6-9/h1-4,7,9H,5-6,8H2,(H3,13,14). The number of nitrogen functional groups attached to an aromatic ring is 1. The highest BCUT2D eigenvalue weighted by molar-refractivity contribution is 5.96. The smallest absolute Gasteiger partial charge is 0.123 e. The first kappa shape index (κ1) is 9.90. The Morgan fingerprint density at radius 1 is 1.40 bits per heavy atom. The molecule has 3 nitrogen and oxygen atoms in total. The predicted octanol–water partition coefficient (Wildman–Crippen LogP) is 1.92. The molecule has 78 valence electrons. The summed E-state index contributed by atoms with van der Waals surface area (Å²) in [5.74, 6) is 0.635. The Balaban J connectivity index is 2.34. The average molecular weight is 201 g/mol. The minimum atomic E-state index is 0.160. The zero-order valence-electron chi connectivity index (χ0n) is 8.61.